The number of benzene rings is 1. The number of anilines is 1. The molecule has 3 rings (SSSR count). The summed E-state index contributed by atoms with van der Waals surface area (Å²) in [5.74, 6) is 0.721. The van der Waals surface area contributed by atoms with Gasteiger partial charge in [-0.05, 0) is 29.7 Å². The Hall–Kier alpha value is -1.97. The molecule has 0 saturated heterocycles. The van der Waals surface area contributed by atoms with E-state index >= 15 is 0 Å². The van der Waals surface area contributed by atoms with Crippen LogP contribution in [-0.4, -0.2) is 16.5 Å². The first-order valence-electron chi connectivity index (χ1n) is 5.61. The SMILES string of the molecule is Fc1ccc2c(c1)CCN(c1cnccn1)C2. The first-order valence-corrected chi connectivity index (χ1v) is 5.61. The van der Waals surface area contributed by atoms with Gasteiger partial charge in [0.2, 0.25) is 0 Å². The second-order valence-corrected chi connectivity index (χ2v) is 4.15. The van der Waals surface area contributed by atoms with Crippen molar-refractivity contribution in [1.29, 1.82) is 0 Å². The molecule has 0 radical (unpaired) electrons. The molecule has 0 spiro atoms. The molecule has 17 heavy (non-hydrogen) atoms. The van der Waals surface area contributed by atoms with Crippen LogP contribution in [0.25, 0.3) is 0 Å². The molecule has 4 heteroatoms. The highest BCUT2D eigenvalue weighted by Gasteiger charge is 2.17. The highest BCUT2D eigenvalue weighted by Crippen LogP contribution is 2.22. The van der Waals surface area contributed by atoms with Gasteiger partial charge in [-0.25, -0.2) is 9.37 Å². The zero-order chi connectivity index (χ0) is 11.7. The van der Waals surface area contributed by atoms with Crippen molar-refractivity contribution in [2.24, 2.45) is 0 Å². The van der Waals surface area contributed by atoms with Gasteiger partial charge in [0, 0.05) is 25.5 Å². The summed E-state index contributed by atoms with van der Waals surface area (Å²) in [7, 11) is 0. The fourth-order valence-electron chi connectivity index (χ4n) is 2.17. The maximum Gasteiger partial charge on any atom is 0.147 e. The second kappa shape index (κ2) is 4.13. The van der Waals surface area contributed by atoms with E-state index in [0.29, 0.717) is 0 Å². The molecule has 0 fully saturated rings. The molecule has 0 N–H and O–H groups in total. The van der Waals surface area contributed by atoms with Gasteiger partial charge in [0.15, 0.2) is 0 Å². The smallest absolute Gasteiger partial charge is 0.147 e. The lowest BCUT2D eigenvalue weighted by Crippen LogP contribution is -2.31. The van der Waals surface area contributed by atoms with Crippen LogP contribution < -0.4 is 4.90 Å². The lowest BCUT2D eigenvalue weighted by Gasteiger charge is -2.29. The minimum Gasteiger partial charge on any atom is -0.351 e. The summed E-state index contributed by atoms with van der Waals surface area (Å²) in [5, 5.41) is 0. The predicted octanol–water partition coefficient (Wildman–Crippen LogP) is 2.18. The average molecular weight is 229 g/mol. The molecule has 0 bridgehead atoms. The van der Waals surface area contributed by atoms with Gasteiger partial charge in [-0.15, -0.1) is 0 Å². The van der Waals surface area contributed by atoms with Crippen molar-refractivity contribution in [3.05, 3.63) is 53.7 Å². The van der Waals surface area contributed by atoms with Crippen molar-refractivity contribution in [2.75, 3.05) is 11.4 Å². The van der Waals surface area contributed by atoms with E-state index in [2.05, 4.69) is 14.9 Å². The molecule has 0 aliphatic carbocycles. The molecule has 0 atom stereocenters. The van der Waals surface area contributed by atoms with Crippen LogP contribution in [0.2, 0.25) is 0 Å². The fraction of sp³-hybridized carbons (Fsp3) is 0.231. The number of fused-ring (bicyclic) bond motifs is 1. The van der Waals surface area contributed by atoms with Crippen molar-refractivity contribution in [3.63, 3.8) is 0 Å². The van der Waals surface area contributed by atoms with Crippen LogP contribution in [0.15, 0.2) is 36.8 Å². The minimum absolute atomic E-state index is 0.156. The Bertz CT molecular complexity index is 527. The van der Waals surface area contributed by atoms with Gasteiger partial charge < -0.3 is 4.90 Å². The summed E-state index contributed by atoms with van der Waals surface area (Å²) >= 11 is 0. The van der Waals surface area contributed by atoms with Crippen LogP contribution in [0.4, 0.5) is 10.2 Å². The van der Waals surface area contributed by atoms with Crippen molar-refractivity contribution < 1.29 is 4.39 Å². The molecule has 0 unspecified atom stereocenters. The van der Waals surface area contributed by atoms with Gasteiger partial charge in [-0.3, -0.25) is 4.98 Å². The predicted molar refractivity (Wildman–Crippen MR) is 63.2 cm³/mol. The van der Waals surface area contributed by atoms with Crippen LogP contribution >= 0.6 is 0 Å². The summed E-state index contributed by atoms with van der Waals surface area (Å²) < 4.78 is 13.1. The topological polar surface area (TPSA) is 29.0 Å². The maximum atomic E-state index is 13.1. The summed E-state index contributed by atoms with van der Waals surface area (Å²) in [5.41, 5.74) is 2.27. The largest absolute Gasteiger partial charge is 0.351 e. The number of rotatable bonds is 1. The number of nitrogens with zero attached hydrogens (tertiary/aromatic N) is 3. The third kappa shape index (κ3) is 1.98. The maximum absolute atomic E-state index is 13.1. The van der Waals surface area contributed by atoms with E-state index in [0.717, 1.165) is 30.9 Å². The lowest BCUT2D eigenvalue weighted by atomic mass is 10.00. The molecule has 86 valence electrons. The molecular formula is C13H12FN3. The third-order valence-electron chi connectivity index (χ3n) is 3.05. The van der Waals surface area contributed by atoms with Crippen LogP contribution in [0.5, 0.6) is 0 Å². The Balaban J connectivity index is 1.88. The van der Waals surface area contributed by atoms with E-state index in [1.807, 2.05) is 6.07 Å². The van der Waals surface area contributed by atoms with E-state index in [-0.39, 0.29) is 5.82 Å². The van der Waals surface area contributed by atoms with Gasteiger partial charge in [0.05, 0.1) is 6.20 Å². The Labute approximate surface area is 98.9 Å². The Kier molecular flexibility index (Phi) is 2.48. The summed E-state index contributed by atoms with van der Waals surface area (Å²) in [6, 6.07) is 5.00. The Morgan fingerprint density at radius 1 is 1.18 bits per heavy atom. The molecular weight excluding hydrogens is 217 g/mol. The number of hydrogen-bond donors (Lipinski definition) is 0. The Morgan fingerprint density at radius 2 is 2.12 bits per heavy atom. The molecule has 0 amide bonds. The lowest BCUT2D eigenvalue weighted by molar-refractivity contribution is 0.618. The van der Waals surface area contributed by atoms with E-state index in [1.165, 1.54) is 11.6 Å². The fourth-order valence-corrected chi connectivity index (χ4v) is 2.17. The van der Waals surface area contributed by atoms with Crippen LogP contribution in [0.1, 0.15) is 11.1 Å². The van der Waals surface area contributed by atoms with Crippen LogP contribution in [0.3, 0.4) is 0 Å². The molecule has 0 saturated carbocycles. The summed E-state index contributed by atoms with van der Waals surface area (Å²) in [4.78, 5) is 10.5. The van der Waals surface area contributed by atoms with Crippen molar-refractivity contribution in [3.8, 4) is 0 Å². The van der Waals surface area contributed by atoms with Crippen LogP contribution in [0, 0.1) is 5.82 Å². The van der Waals surface area contributed by atoms with Gasteiger partial charge in [-0.2, -0.15) is 0 Å². The molecule has 1 aromatic carbocycles. The first kappa shape index (κ1) is 10.2. The van der Waals surface area contributed by atoms with Crippen LogP contribution in [-0.2, 0) is 13.0 Å². The monoisotopic (exact) mass is 229 g/mol. The molecule has 1 aromatic heterocycles. The number of halogens is 1. The Morgan fingerprint density at radius 3 is 2.94 bits per heavy atom. The van der Waals surface area contributed by atoms with Crippen molar-refractivity contribution in [1.82, 2.24) is 9.97 Å². The highest BCUT2D eigenvalue weighted by atomic mass is 19.1. The van der Waals surface area contributed by atoms with Crippen molar-refractivity contribution in [2.45, 2.75) is 13.0 Å². The van der Waals surface area contributed by atoms with Gasteiger partial charge in [0.25, 0.3) is 0 Å². The van der Waals surface area contributed by atoms with Gasteiger partial charge in [0.1, 0.15) is 11.6 Å². The molecule has 2 heterocycles. The van der Waals surface area contributed by atoms with Gasteiger partial charge >= 0.3 is 0 Å². The quantitative estimate of drug-likeness (QED) is 0.750. The first-order chi connectivity index (χ1) is 8.33. The molecule has 3 nitrogen and oxygen atoms in total. The zero-order valence-corrected chi connectivity index (χ0v) is 9.31. The molecule has 1 aliphatic heterocycles. The highest BCUT2D eigenvalue weighted by molar-refractivity contribution is 5.42. The van der Waals surface area contributed by atoms with E-state index < -0.39 is 0 Å². The molecule has 2 aromatic rings. The second-order valence-electron chi connectivity index (χ2n) is 4.15. The average Bonchev–Trinajstić information content (AvgIpc) is 2.39. The van der Waals surface area contributed by atoms with Gasteiger partial charge in [-0.1, -0.05) is 6.07 Å². The normalized spacial score (nSPS) is 14.5. The summed E-state index contributed by atoms with van der Waals surface area (Å²) in [6.07, 6.45) is 5.96. The standard InChI is InChI=1S/C13H12FN3/c14-12-2-1-11-9-17(6-3-10(11)7-12)13-8-15-4-5-16-13/h1-2,4-5,7-8H,3,6,9H2. The number of aromatic nitrogens is 2. The van der Waals surface area contributed by atoms with E-state index in [9.17, 15) is 4.39 Å². The van der Waals surface area contributed by atoms with E-state index in [4.69, 9.17) is 0 Å². The summed E-state index contributed by atoms with van der Waals surface area (Å²) in [6.45, 7) is 1.63. The third-order valence-corrected chi connectivity index (χ3v) is 3.05. The van der Waals surface area contributed by atoms with Crippen molar-refractivity contribution >= 4 is 5.82 Å². The zero-order valence-electron chi connectivity index (χ0n) is 9.31. The molecule has 1 aliphatic rings. The number of hydrogen-bond acceptors (Lipinski definition) is 3. The minimum atomic E-state index is -0.156. The van der Waals surface area contributed by atoms with E-state index in [1.54, 1.807) is 24.7 Å².